The fraction of sp³-hybridized carbons (Fsp3) is 0.429. The second-order valence-corrected chi connectivity index (χ2v) is 4.35. The van der Waals surface area contributed by atoms with Crippen LogP contribution in [0.4, 0.5) is 0 Å². The molecule has 3 nitrogen and oxygen atoms in total. The third-order valence-electron chi connectivity index (χ3n) is 2.92. The fourth-order valence-electron chi connectivity index (χ4n) is 1.66. The molecule has 1 amide bonds. The summed E-state index contributed by atoms with van der Waals surface area (Å²) >= 11 is 0. The zero-order valence-electron chi connectivity index (χ0n) is 10.6. The van der Waals surface area contributed by atoms with Crippen LogP contribution in [0.3, 0.4) is 0 Å². The second-order valence-electron chi connectivity index (χ2n) is 4.35. The van der Waals surface area contributed by atoms with E-state index >= 15 is 0 Å². The molecular weight excluding hydrogens is 214 g/mol. The quantitative estimate of drug-likeness (QED) is 0.793. The van der Waals surface area contributed by atoms with E-state index in [0.29, 0.717) is 5.56 Å². The van der Waals surface area contributed by atoms with Crippen molar-refractivity contribution in [2.75, 3.05) is 0 Å². The van der Waals surface area contributed by atoms with Crippen molar-refractivity contribution in [3.63, 3.8) is 0 Å². The van der Waals surface area contributed by atoms with Gasteiger partial charge in [0, 0.05) is 17.5 Å². The Labute approximate surface area is 102 Å². The Kier molecular flexibility index (Phi) is 4.88. The molecule has 1 aromatic carbocycles. The van der Waals surface area contributed by atoms with Gasteiger partial charge < -0.3 is 10.1 Å². The van der Waals surface area contributed by atoms with E-state index in [1.165, 1.54) is 0 Å². The predicted octanol–water partition coefficient (Wildman–Crippen LogP) is 2.34. The summed E-state index contributed by atoms with van der Waals surface area (Å²) in [5.41, 5.74) is 1.75. The van der Waals surface area contributed by atoms with Gasteiger partial charge in [0.1, 0.15) is 6.29 Å². The summed E-state index contributed by atoms with van der Waals surface area (Å²) in [4.78, 5) is 22.6. The first-order valence-electron chi connectivity index (χ1n) is 5.91. The molecular formula is C14H19NO2. The summed E-state index contributed by atoms with van der Waals surface area (Å²) in [6.07, 6.45) is 1.63. The van der Waals surface area contributed by atoms with E-state index in [0.717, 1.165) is 18.3 Å². The average molecular weight is 233 g/mol. The Morgan fingerprint density at radius 1 is 1.35 bits per heavy atom. The first-order chi connectivity index (χ1) is 8.08. The van der Waals surface area contributed by atoms with Gasteiger partial charge in [-0.15, -0.1) is 0 Å². The number of rotatable bonds is 5. The average Bonchev–Trinajstić information content (AvgIpc) is 2.35. The van der Waals surface area contributed by atoms with Crippen molar-refractivity contribution in [1.82, 2.24) is 5.32 Å². The van der Waals surface area contributed by atoms with Gasteiger partial charge in [0.25, 0.3) is 5.91 Å². The highest BCUT2D eigenvalue weighted by Crippen LogP contribution is 2.07. The number of carbonyl (C=O) groups excluding carboxylic acids is 2. The minimum atomic E-state index is -0.158. The van der Waals surface area contributed by atoms with E-state index < -0.39 is 0 Å². The molecule has 2 unspecified atom stereocenters. The zero-order valence-corrected chi connectivity index (χ0v) is 10.6. The Bertz CT molecular complexity index is 384. The van der Waals surface area contributed by atoms with Crippen LogP contribution in [0.5, 0.6) is 0 Å². The van der Waals surface area contributed by atoms with Gasteiger partial charge in [-0.05, 0) is 25.5 Å². The molecule has 3 heteroatoms. The van der Waals surface area contributed by atoms with Crippen molar-refractivity contribution in [3.05, 3.63) is 35.4 Å². The number of hydrogen-bond donors (Lipinski definition) is 1. The molecule has 1 aromatic rings. The summed E-state index contributed by atoms with van der Waals surface area (Å²) < 4.78 is 0. The molecule has 0 aliphatic rings. The SMILES string of the molecule is CCC(NC(=O)c1ccc(C)cc1)C(C)C=O. The van der Waals surface area contributed by atoms with Crippen LogP contribution in [0, 0.1) is 12.8 Å². The van der Waals surface area contributed by atoms with Gasteiger partial charge >= 0.3 is 0 Å². The van der Waals surface area contributed by atoms with Gasteiger partial charge in [-0.3, -0.25) is 4.79 Å². The highest BCUT2D eigenvalue weighted by molar-refractivity contribution is 5.94. The van der Waals surface area contributed by atoms with Crippen molar-refractivity contribution in [2.24, 2.45) is 5.92 Å². The van der Waals surface area contributed by atoms with Gasteiger partial charge in [0.15, 0.2) is 0 Å². The lowest BCUT2D eigenvalue weighted by atomic mass is 10.0. The topological polar surface area (TPSA) is 46.2 Å². The summed E-state index contributed by atoms with van der Waals surface area (Å²) in [6.45, 7) is 5.75. The summed E-state index contributed by atoms with van der Waals surface area (Å²) in [6, 6.07) is 7.30. The standard InChI is InChI=1S/C14H19NO2/c1-4-13(11(3)9-16)15-14(17)12-7-5-10(2)6-8-12/h5-9,11,13H,4H2,1-3H3,(H,15,17). The molecule has 0 aliphatic carbocycles. The first-order valence-corrected chi connectivity index (χ1v) is 5.91. The lowest BCUT2D eigenvalue weighted by molar-refractivity contribution is -0.111. The number of hydrogen-bond acceptors (Lipinski definition) is 2. The van der Waals surface area contributed by atoms with E-state index in [4.69, 9.17) is 0 Å². The smallest absolute Gasteiger partial charge is 0.251 e. The lowest BCUT2D eigenvalue weighted by Gasteiger charge is -2.19. The maximum Gasteiger partial charge on any atom is 0.251 e. The summed E-state index contributed by atoms with van der Waals surface area (Å²) in [5, 5.41) is 2.88. The van der Waals surface area contributed by atoms with E-state index in [1.54, 1.807) is 12.1 Å². The van der Waals surface area contributed by atoms with Crippen molar-refractivity contribution in [1.29, 1.82) is 0 Å². The van der Waals surface area contributed by atoms with Crippen LogP contribution in [-0.4, -0.2) is 18.2 Å². The van der Waals surface area contributed by atoms with E-state index in [1.807, 2.05) is 32.9 Å². The largest absolute Gasteiger partial charge is 0.349 e. The molecule has 1 N–H and O–H groups in total. The van der Waals surface area contributed by atoms with Crippen molar-refractivity contribution < 1.29 is 9.59 Å². The molecule has 0 saturated heterocycles. The van der Waals surface area contributed by atoms with Gasteiger partial charge in [-0.25, -0.2) is 0 Å². The van der Waals surface area contributed by atoms with Crippen LogP contribution in [0.2, 0.25) is 0 Å². The normalized spacial score (nSPS) is 13.8. The molecule has 0 bridgehead atoms. The molecule has 2 atom stereocenters. The Hall–Kier alpha value is -1.64. The van der Waals surface area contributed by atoms with Crippen LogP contribution in [-0.2, 0) is 4.79 Å². The maximum absolute atomic E-state index is 11.9. The Morgan fingerprint density at radius 2 is 1.94 bits per heavy atom. The third-order valence-corrected chi connectivity index (χ3v) is 2.92. The molecule has 0 spiro atoms. The molecule has 1 rings (SSSR count). The van der Waals surface area contributed by atoms with Gasteiger partial charge in [-0.2, -0.15) is 0 Å². The molecule has 0 heterocycles. The van der Waals surface area contributed by atoms with E-state index in [-0.39, 0.29) is 17.9 Å². The van der Waals surface area contributed by atoms with Crippen LogP contribution in [0.25, 0.3) is 0 Å². The van der Waals surface area contributed by atoms with E-state index in [2.05, 4.69) is 5.32 Å². The van der Waals surface area contributed by atoms with Crippen LogP contribution in [0.15, 0.2) is 24.3 Å². The maximum atomic E-state index is 11.9. The number of carbonyl (C=O) groups is 2. The number of aryl methyl sites for hydroxylation is 1. The van der Waals surface area contributed by atoms with Gasteiger partial charge in [0.2, 0.25) is 0 Å². The first kappa shape index (κ1) is 13.4. The number of benzene rings is 1. The molecule has 0 radical (unpaired) electrons. The molecule has 0 aliphatic heterocycles. The number of aldehydes is 1. The minimum absolute atomic E-state index is 0.0960. The Balaban J connectivity index is 2.70. The fourth-order valence-corrected chi connectivity index (χ4v) is 1.66. The van der Waals surface area contributed by atoms with E-state index in [9.17, 15) is 9.59 Å². The van der Waals surface area contributed by atoms with Crippen molar-refractivity contribution in [3.8, 4) is 0 Å². The van der Waals surface area contributed by atoms with Crippen LogP contribution >= 0.6 is 0 Å². The van der Waals surface area contributed by atoms with Crippen LogP contribution in [0.1, 0.15) is 36.2 Å². The van der Waals surface area contributed by atoms with Crippen LogP contribution < -0.4 is 5.32 Å². The predicted molar refractivity (Wildman–Crippen MR) is 68.0 cm³/mol. The minimum Gasteiger partial charge on any atom is -0.349 e. The molecule has 17 heavy (non-hydrogen) atoms. The highest BCUT2D eigenvalue weighted by atomic mass is 16.1. The lowest BCUT2D eigenvalue weighted by Crippen LogP contribution is -2.39. The molecule has 0 saturated carbocycles. The summed E-state index contributed by atoms with van der Waals surface area (Å²) in [5.74, 6) is -0.278. The number of nitrogens with one attached hydrogen (secondary N) is 1. The Morgan fingerprint density at radius 3 is 2.41 bits per heavy atom. The second kappa shape index (κ2) is 6.18. The molecule has 92 valence electrons. The monoisotopic (exact) mass is 233 g/mol. The van der Waals surface area contributed by atoms with Crippen molar-refractivity contribution in [2.45, 2.75) is 33.2 Å². The molecule has 0 aromatic heterocycles. The van der Waals surface area contributed by atoms with Gasteiger partial charge in [-0.1, -0.05) is 31.5 Å². The third kappa shape index (κ3) is 3.70. The highest BCUT2D eigenvalue weighted by Gasteiger charge is 2.17. The number of amides is 1. The van der Waals surface area contributed by atoms with Gasteiger partial charge in [0.05, 0.1) is 0 Å². The van der Waals surface area contributed by atoms with Crippen molar-refractivity contribution >= 4 is 12.2 Å². The zero-order chi connectivity index (χ0) is 12.8. The molecule has 0 fully saturated rings. The summed E-state index contributed by atoms with van der Waals surface area (Å²) in [7, 11) is 0.